The van der Waals surface area contributed by atoms with Crippen molar-refractivity contribution in [3.05, 3.63) is 46.6 Å². The van der Waals surface area contributed by atoms with Gasteiger partial charge in [0.15, 0.2) is 0 Å². The summed E-state index contributed by atoms with van der Waals surface area (Å²) in [4.78, 5) is 27.1. The van der Waals surface area contributed by atoms with Gasteiger partial charge < -0.3 is 21.0 Å². The number of nitrogen functional groups attached to an aromatic ring is 1. The van der Waals surface area contributed by atoms with Gasteiger partial charge in [-0.3, -0.25) is 4.79 Å². The van der Waals surface area contributed by atoms with E-state index in [4.69, 9.17) is 5.73 Å². The number of carbonyl (C=O) groups excluding carboxylic acids is 1. The molecule has 0 saturated carbocycles. The smallest absolute Gasteiger partial charge is 0.323 e. The van der Waals surface area contributed by atoms with Crippen LogP contribution in [0.25, 0.3) is 0 Å². The molecular formula is C10H10N4O2. The standard InChI is InChI=1S/C10H10N4O2/c11-6-1-3-7(4-2-6)13-9(15)8-5-12-10(16)14-8/h1-5H,11H2,(H,13,15)(H2,12,14,16). The maximum absolute atomic E-state index is 11.6. The number of nitrogens with two attached hydrogens (primary N) is 1. The van der Waals surface area contributed by atoms with Crippen LogP contribution in [0, 0.1) is 0 Å². The summed E-state index contributed by atoms with van der Waals surface area (Å²) in [5, 5.41) is 2.61. The number of hydrogen-bond acceptors (Lipinski definition) is 3. The maximum atomic E-state index is 11.6. The van der Waals surface area contributed by atoms with Gasteiger partial charge in [0.05, 0.1) is 0 Å². The number of nitrogens with one attached hydrogen (secondary N) is 3. The SMILES string of the molecule is Nc1ccc(NC(=O)c2c[nH]c(=O)[nH]2)cc1. The van der Waals surface area contributed by atoms with Crippen molar-refractivity contribution in [2.24, 2.45) is 0 Å². The lowest BCUT2D eigenvalue weighted by atomic mass is 10.3. The Labute approximate surface area is 90.5 Å². The molecule has 1 aromatic carbocycles. The van der Waals surface area contributed by atoms with E-state index in [9.17, 15) is 9.59 Å². The number of H-pyrrole nitrogens is 2. The van der Waals surface area contributed by atoms with Crippen LogP contribution in [0.5, 0.6) is 0 Å². The van der Waals surface area contributed by atoms with Gasteiger partial charge in [-0.2, -0.15) is 0 Å². The zero-order chi connectivity index (χ0) is 11.5. The Bertz CT molecular complexity index is 553. The van der Waals surface area contributed by atoms with Crippen LogP contribution in [-0.4, -0.2) is 15.9 Å². The molecule has 0 atom stereocenters. The summed E-state index contributed by atoms with van der Waals surface area (Å²) < 4.78 is 0. The lowest BCUT2D eigenvalue weighted by Crippen LogP contribution is -2.13. The van der Waals surface area contributed by atoms with Gasteiger partial charge in [0.25, 0.3) is 5.91 Å². The largest absolute Gasteiger partial charge is 0.399 e. The third-order valence-corrected chi connectivity index (χ3v) is 2.01. The van der Waals surface area contributed by atoms with Gasteiger partial charge in [-0.1, -0.05) is 0 Å². The summed E-state index contributed by atoms with van der Waals surface area (Å²) in [7, 11) is 0. The zero-order valence-corrected chi connectivity index (χ0v) is 8.28. The van der Waals surface area contributed by atoms with Crippen molar-refractivity contribution in [2.75, 3.05) is 11.1 Å². The van der Waals surface area contributed by atoms with Gasteiger partial charge in [0, 0.05) is 17.6 Å². The minimum Gasteiger partial charge on any atom is -0.399 e. The topological polar surface area (TPSA) is 104 Å². The average molecular weight is 218 g/mol. The summed E-state index contributed by atoms with van der Waals surface area (Å²) in [5.74, 6) is -0.386. The quantitative estimate of drug-likeness (QED) is 0.553. The number of rotatable bonds is 2. The van der Waals surface area contributed by atoms with Crippen molar-refractivity contribution in [3.8, 4) is 0 Å². The number of imidazole rings is 1. The van der Waals surface area contributed by atoms with E-state index in [-0.39, 0.29) is 11.6 Å². The molecule has 0 saturated heterocycles. The highest BCUT2D eigenvalue weighted by Gasteiger charge is 2.07. The Morgan fingerprint density at radius 2 is 1.94 bits per heavy atom. The van der Waals surface area contributed by atoms with Crippen LogP contribution in [0.15, 0.2) is 35.3 Å². The number of benzene rings is 1. The molecule has 2 aromatic rings. The van der Waals surface area contributed by atoms with Crippen molar-refractivity contribution >= 4 is 17.3 Å². The van der Waals surface area contributed by atoms with Crippen LogP contribution in [0.2, 0.25) is 0 Å². The second-order valence-corrected chi connectivity index (χ2v) is 3.23. The van der Waals surface area contributed by atoms with E-state index in [1.807, 2.05) is 0 Å². The van der Waals surface area contributed by atoms with Crippen molar-refractivity contribution in [3.63, 3.8) is 0 Å². The van der Waals surface area contributed by atoms with Crippen LogP contribution in [0.3, 0.4) is 0 Å². The van der Waals surface area contributed by atoms with Gasteiger partial charge in [-0.25, -0.2) is 4.79 Å². The summed E-state index contributed by atoms with van der Waals surface area (Å²) in [5.41, 5.74) is 6.51. The number of amides is 1. The number of aromatic amines is 2. The molecular weight excluding hydrogens is 208 g/mol. The van der Waals surface area contributed by atoms with Crippen molar-refractivity contribution in [1.29, 1.82) is 0 Å². The van der Waals surface area contributed by atoms with Crippen LogP contribution in [-0.2, 0) is 0 Å². The highest BCUT2D eigenvalue weighted by atomic mass is 16.2. The van der Waals surface area contributed by atoms with E-state index in [2.05, 4.69) is 15.3 Å². The summed E-state index contributed by atoms with van der Waals surface area (Å²) >= 11 is 0. The molecule has 1 amide bonds. The lowest BCUT2D eigenvalue weighted by Gasteiger charge is -2.03. The minimum absolute atomic E-state index is 0.182. The Hall–Kier alpha value is -2.50. The van der Waals surface area contributed by atoms with Crippen molar-refractivity contribution in [2.45, 2.75) is 0 Å². The Morgan fingerprint density at radius 1 is 1.25 bits per heavy atom. The van der Waals surface area contributed by atoms with Crippen LogP contribution < -0.4 is 16.7 Å². The average Bonchev–Trinajstić information content (AvgIpc) is 2.68. The van der Waals surface area contributed by atoms with E-state index in [0.717, 1.165) is 0 Å². The Kier molecular flexibility index (Phi) is 2.47. The first-order valence-electron chi connectivity index (χ1n) is 4.60. The highest BCUT2D eigenvalue weighted by molar-refractivity contribution is 6.02. The fourth-order valence-corrected chi connectivity index (χ4v) is 1.22. The van der Waals surface area contributed by atoms with E-state index < -0.39 is 5.69 Å². The molecule has 1 heterocycles. The van der Waals surface area contributed by atoms with E-state index >= 15 is 0 Å². The van der Waals surface area contributed by atoms with Gasteiger partial charge >= 0.3 is 5.69 Å². The number of aromatic nitrogens is 2. The first-order valence-corrected chi connectivity index (χ1v) is 4.60. The third-order valence-electron chi connectivity index (χ3n) is 2.01. The Morgan fingerprint density at radius 3 is 2.50 bits per heavy atom. The monoisotopic (exact) mass is 218 g/mol. The molecule has 0 unspecified atom stereocenters. The molecule has 2 rings (SSSR count). The number of anilines is 2. The fourth-order valence-electron chi connectivity index (χ4n) is 1.22. The van der Waals surface area contributed by atoms with Crippen molar-refractivity contribution in [1.82, 2.24) is 9.97 Å². The summed E-state index contributed by atoms with van der Waals surface area (Å²) in [6.45, 7) is 0. The van der Waals surface area contributed by atoms with Crippen molar-refractivity contribution < 1.29 is 4.79 Å². The van der Waals surface area contributed by atoms with E-state index in [1.165, 1.54) is 6.20 Å². The lowest BCUT2D eigenvalue weighted by molar-refractivity contribution is 0.102. The summed E-state index contributed by atoms with van der Waals surface area (Å²) in [6, 6.07) is 6.71. The predicted octanol–water partition coefficient (Wildman–Crippen LogP) is 0.537. The molecule has 0 aliphatic carbocycles. The molecule has 5 N–H and O–H groups in total. The van der Waals surface area contributed by atoms with Crippen LogP contribution >= 0.6 is 0 Å². The zero-order valence-electron chi connectivity index (χ0n) is 8.28. The summed E-state index contributed by atoms with van der Waals surface area (Å²) in [6.07, 6.45) is 1.31. The van der Waals surface area contributed by atoms with E-state index in [0.29, 0.717) is 11.4 Å². The molecule has 6 heteroatoms. The fraction of sp³-hybridized carbons (Fsp3) is 0. The van der Waals surface area contributed by atoms with Gasteiger partial charge in [0.1, 0.15) is 5.69 Å². The molecule has 0 bridgehead atoms. The molecule has 0 radical (unpaired) electrons. The van der Waals surface area contributed by atoms with Gasteiger partial charge in [-0.05, 0) is 24.3 Å². The normalized spacial score (nSPS) is 10.0. The molecule has 0 spiro atoms. The first-order chi connectivity index (χ1) is 7.65. The Balaban J connectivity index is 2.13. The molecule has 1 aromatic heterocycles. The first kappa shape index (κ1) is 10.0. The van der Waals surface area contributed by atoms with Gasteiger partial charge in [0.2, 0.25) is 0 Å². The third kappa shape index (κ3) is 2.11. The highest BCUT2D eigenvalue weighted by Crippen LogP contribution is 2.11. The molecule has 82 valence electrons. The predicted molar refractivity (Wildman–Crippen MR) is 60.2 cm³/mol. The van der Waals surface area contributed by atoms with E-state index in [1.54, 1.807) is 24.3 Å². The molecule has 0 aliphatic heterocycles. The van der Waals surface area contributed by atoms with Gasteiger partial charge in [-0.15, -0.1) is 0 Å². The van der Waals surface area contributed by atoms with Crippen LogP contribution in [0.1, 0.15) is 10.5 Å². The number of hydrogen-bond donors (Lipinski definition) is 4. The molecule has 0 fully saturated rings. The number of carbonyl (C=O) groups is 1. The molecule has 16 heavy (non-hydrogen) atoms. The second kappa shape index (κ2) is 3.93. The molecule has 0 aliphatic rings. The molecule has 6 nitrogen and oxygen atoms in total. The van der Waals surface area contributed by atoms with Crippen LogP contribution in [0.4, 0.5) is 11.4 Å². The second-order valence-electron chi connectivity index (χ2n) is 3.23. The minimum atomic E-state index is -0.414. The maximum Gasteiger partial charge on any atom is 0.323 e.